The molecule has 3 rings (SSSR count). The number of halogens is 3. The van der Waals surface area contributed by atoms with E-state index in [4.69, 9.17) is 11.6 Å². The lowest BCUT2D eigenvalue weighted by atomic mass is 10.1. The second kappa shape index (κ2) is 9.08. The van der Waals surface area contributed by atoms with E-state index in [2.05, 4.69) is 10.6 Å². The van der Waals surface area contributed by atoms with Gasteiger partial charge in [-0.2, -0.15) is 0 Å². The van der Waals surface area contributed by atoms with Crippen LogP contribution >= 0.6 is 48.2 Å². The van der Waals surface area contributed by atoms with Crippen LogP contribution in [0.2, 0.25) is 5.02 Å². The predicted molar refractivity (Wildman–Crippen MR) is 98.8 cm³/mol. The van der Waals surface area contributed by atoms with Crippen molar-refractivity contribution >= 4 is 59.8 Å². The van der Waals surface area contributed by atoms with Crippen molar-refractivity contribution in [1.82, 2.24) is 10.2 Å². The Hall–Kier alpha value is -0.330. The fourth-order valence-corrected chi connectivity index (χ4v) is 3.71. The maximum Gasteiger partial charge on any atom is 0.240 e. The number of thioether (sulfide) groups is 1. The van der Waals surface area contributed by atoms with Crippen LogP contribution in [0, 0.1) is 0 Å². The second-order valence-electron chi connectivity index (χ2n) is 5.18. The number of carbonyl (C=O) groups excluding carboxylic acids is 1. The predicted octanol–water partition coefficient (Wildman–Crippen LogP) is 2.86. The molecule has 0 spiro atoms. The molecule has 124 valence electrons. The Kier molecular flexibility index (Phi) is 8.14. The lowest BCUT2D eigenvalue weighted by Gasteiger charge is -2.19. The average Bonchev–Trinajstić information content (AvgIpc) is 3.12. The Labute approximate surface area is 152 Å². The molecule has 8 heteroatoms. The summed E-state index contributed by atoms with van der Waals surface area (Å²) in [6, 6.07) is 7.93. The lowest BCUT2D eigenvalue weighted by Crippen LogP contribution is -2.42. The van der Waals surface area contributed by atoms with E-state index in [9.17, 15) is 4.79 Å². The van der Waals surface area contributed by atoms with Gasteiger partial charge >= 0.3 is 0 Å². The molecule has 2 fully saturated rings. The molecule has 1 amide bonds. The van der Waals surface area contributed by atoms with Gasteiger partial charge in [-0.15, -0.1) is 36.6 Å². The maximum atomic E-state index is 12.3. The minimum absolute atomic E-state index is 0. The highest BCUT2D eigenvalue weighted by Crippen LogP contribution is 2.20. The minimum atomic E-state index is -0.0431. The van der Waals surface area contributed by atoms with Crippen LogP contribution in [0.25, 0.3) is 0 Å². The first-order valence-corrected chi connectivity index (χ1v) is 8.37. The first-order valence-electron chi connectivity index (χ1n) is 6.84. The van der Waals surface area contributed by atoms with Crippen molar-refractivity contribution in [2.24, 2.45) is 0 Å². The fraction of sp³-hybridized carbons (Fsp3) is 0.500. The highest BCUT2D eigenvalue weighted by molar-refractivity contribution is 7.99. The monoisotopic (exact) mass is 383 g/mol. The Bertz CT molecular complexity index is 483. The number of nitrogens with zero attached hydrogens (tertiary/aromatic N) is 1. The summed E-state index contributed by atoms with van der Waals surface area (Å²) in [6.45, 7) is 1.71. The van der Waals surface area contributed by atoms with Gasteiger partial charge in [-0.05, 0) is 30.7 Å². The van der Waals surface area contributed by atoms with Crippen LogP contribution in [0.15, 0.2) is 24.3 Å². The molecule has 2 atom stereocenters. The minimum Gasteiger partial charge on any atom is -0.381 e. The topological polar surface area (TPSA) is 44.4 Å². The molecule has 2 heterocycles. The molecule has 2 N–H and O–H groups in total. The summed E-state index contributed by atoms with van der Waals surface area (Å²) in [5.41, 5.74) is 1.05. The van der Waals surface area contributed by atoms with Gasteiger partial charge in [0.2, 0.25) is 5.91 Å². The van der Waals surface area contributed by atoms with Crippen LogP contribution in [-0.4, -0.2) is 47.6 Å². The molecule has 2 saturated heterocycles. The molecular weight excluding hydrogens is 365 g/mol. The number of nitrogens with one attached hydrogen (secondary N) is 2. The zero-order chi connectivity index (χ0) is 13.9. The Balaban J connectivity index is 0.00000121. The normalized spacial score (nSPS) is 23.6. The molecule has 1 aromatic rings. The van der Waals surface area contributed by atoms with Gasteiger partial charge in [0.25, 0.3) is 0 Å². The van der Waals surface area contributed by atoms with Crippen LogP contribution < -0.4 is 10.6 Å². The molecule has 22 heavy (non-hydrogen) atoms. The van der Waals surface area contributed by atoms with Gasteiger partial charge in [0.15, 0.2) is 0 Å². The smallest absolute Gasteiger partial charge is 0.240 e. The molecule has 0 aliphatic carbocycles. The molecule has 0 saturated carbocycles. The van der Waals surface area contributed by atoms with Gasteiger partial charge in [0.05, 0.1) is 11.9 Å². The molecule has 4 nitrogen and oxygen atoms in total. The van der Waals surface area contributed by atoms with Gasteiger partial charge in [0.1, 0.15) is 0 Å². The second-order valence-corrected chi connectivity index (χ2v) is 6.69. The van der Waals surface area contributed by atoms with Crippen molar-refractivity contribution in [3.63, 3.8) is 0 Å². The summed E-state index contributed by atoms with van der Waals surface area (Å²) in [4.78, 5) is 14.2. The fourth-order valence-electron chi connectivity index (χ4n) is 2.62. The first kappa shape index (κ1) is 19.7. The summed E-state index contributed by atoms with van der Waals surface area (Å²) < 4.78 is 0. The number of hydrogen-bond donors (Lipinski definition) is 2. The lowest BCUT2D eigenvalue weighted by molar-refractivity contribution is -0.131. The van der Waals surface area contributed by atoms with Crippen molar-refractivity contribution in [1.29, 1.82) is 0 Å². The molecule has 1 aromatic carbocycles. The van der Waals surface area contributed by atoms with Gasteiger partial charge in [-0.25, -0.2) is 0 Å². The first-order chi connectivity index (χ1) is 9.72. The van der Waals surface area contributed by atoms with E-state index >= 15 is 0 Å². The van der Waals surface area contributed by atoms with E-state index in [0.29, 0.717) is 6.04 Å². The average molecular weight is 385 g/mol. The molecule has 0 radical (unpaired) electrons. The number of rotatable bonds is 3. The number of hydrogen-bond acceptors (Lipinski definition) is 4. The van der Waals surface area contributed by atoms with Crippen LogP contribution in [0.1, 0.15) is 6.42 Å². The number of benzene rings is 1. The third-order valence-corrected chi connectivity index (χ3v) is 4.93. The largest absolute Gasteiger partial charge is 0.381 e. The van der Waals surface area contributed by atoms with Crippen LogP contribution in [0.3, 0.4) is 0 Å². The van der Waals surface area contributed by atoms with Crippen molar-refractivity contribution in [2.75, 3.05) is 30.0 Å². The number of anilines is 1. The maximum absolute atomic E-state index is 12.3. The SMILES string of the molecule is Cl.Cl.O=C([C@@H]1C[C@H](Nc2ccc(Cl)cc2)CN1)N1CCSC1. The zero-order valence-corrected chi connectivity index (χ0v) is 15.2. The zero-order valence-electron chi connectivity index (χ0n) is 12.0. The summed E-state index contributed by atoms with van der Waals surface area (Å²) in [6.07, 6.45) is 0.836. The molecule has 2 aliphatic heterocycles. The molecule has 0 unspecified atom stereocenters. The van der Waals surface area contributed by atoms with Crippen molar-refractivity contribution < 1.29 is 4.79 Å². The van der Waals surface area contributed by atoms with E-state index in [-0.39, 0.29) is 36.8 Å². The Morgan fingerprint density at radius 1 is 1.32 bits per heavy atom. The van der Waals surface area contributed by atoms with E-state index < -0.39 is 0 Å². The van der Waals surface area contributed by atoms with Crippen molar-refractivity contribution in [3.8, 4) is 0 Å². The van der Waals surface area contributed by atoms with Gasteiger partial charge < -0.3 is 15.5 Å². The highest BCUT2D eigenvalue weighted by Gasteiger charge is 2.33. The summed E-state index contributed by atoms with van der Waals surface area (Å²) in [7, 11) is 0. The van der Waals surface area contributed by atoms with Crippen LogP contribution in [0.5, 0.6) is 0 Å². The quantitative estimate of drug-likeness (QED) is 0.841. The molecular formula is C14H20Cl3N3OS. The van der Waals surface area contributed by atoms with Gasteiger partial charge in [0, 0.05) is 35.6 Å². The summed E-state index contributed by atoms with van der Waals surface area (Å²) in [5.74, 6) is 2.15. The Morgan fingerprint density at radius 3 is 2.68 bits per heavy atom. The molecule has 0 bridgehead atoms. The van der Waals surface area contributed by atoms with Crippen molar-refractivity contribution in [3.05, 3.63) is 29.3 Å². The highest BCUT2D eigenvalue weighted by atomic mass is 35.5. The third kappa shape index (κ3) is 4.83. The summed E-state index contributed by atoms with van der Waals surface area (Å²) >= 11 is 7.70. The van der Waals surface area contributed by atoms with E-state index in [0.717, 1.165) is 41.8 Å². The van der Waals surface area contributed by atoms with E-state index in [1.807, 2.05) is 40.9 Å². The molecule has 0 aromatic heterocycles. The van der Waals surface area contributed by atoms with Crippen molar-refractivity contribution in [2.45, 2.75) is 18.5 Å². The number of amides is 1. The van der Waals surface area contributed by atoms with Crippen LogP contribution in [-0.2, 0) is 4.79 Å². The van der Waals surface area contributed by atoms with Gasteiger partial charge in [-0.1, -0.05) is 11.6 Å². The van der Waals surface area contributed by atoms with Gasteiger partial charge in [-0.3, -0.25) is 4.79 Å². The number of carbonyl (C=O) groups is 1. The standard InChI is InChI=1S/C14H18ClN3OS.2ClH/c15-10-1-3-11(4-2-10)17-12-7-13(16-8-12)14(19)18-5-6-20-9-18;;/h1-4,12-13,16-17H,5-9H2;2*1H/t12-,13-;;/m0../s1. The summed E-state index contributed by atoms with van der Waals surface area (Å²) in [5, 5.41) is 7.51. The third-order valence-electron chi connectivity index (χ3n) is 3.71. The Morgan fingerprint density at radius 2 is 2.05 bits per heavy atom. The van der Waals surface area contributed by atoms with E-state index in [1.54, 1.807) is 0 Å². The van der Waals surface area contributed by atoms with Crippen LogP contribution in [0.4, 0.5) is 5.69 Å². The molecule has 2 aliphatic rings. The van der Waals surface area contributed by atoms with E-state index in [1.165, 1.54) is 0 Å².